The molecule has 1 aromatic carbocycles. The molecule has 3 atom stereocenters. The van der Waals surface area contributed by atoms with Crippen LogP contribution in [0, 0.1) is 13.7 Å². The third kappa shape index (κ3) is 8.79. The van der Waals surface area contributed by atoms with E-state index in [-0.39, 0.29) is 42.7 Å². The molecule has 0 spiro atoms. The zero-order valence-corrected chi connectivity index (χ0v) is 22.5. The number of primary amides is 1. The third-order valence-corrected chi connectivity index (χ3v) is 6.62. The number of amides is 4. The van der Waals surface area contributed by atoms with Crippen LogP contribution in [0.25, 0.3) is 0 Å². The number of nitrogens with two attached hydrogens (primary N) is 2. The molecule has 1 aliphatic heterocycles. The number of carbonyl (C=O) groups excluding carboxylic acids is 4. The van der Waals surface area contributed by atoms with Gasteiger partial charge in [0.25, 0.3) is 11.6 Å². The quantitative estimate of drug-likeness (QED) is 0.0788. The Morgan fingerprint density at radius 3 is 2.34 bits per heavy atom. The normalized spacial score (nSPS) is 20.6. The molecule has 0 bridgehead atoms. The topological polar surface area (TPSA) is 249 Å². The average Bonchev–Trinajstić information content (AvgIpc) is 2.84. The minimum atomic E-state index is -1.39. The molecule has 0 aromatic heterocycles. The number of rotatable bonds is 9. The van der Waals surface area contributed by atoms with Crippen molar-refractivity contribution < 1.29 is 34.0 Å². The van der Waals surface area contributed by atoms with Crippen molar-refractivity contribution in [2.45, 2.75) is 56.7 Å². The largest absolute Gasteiger partial charge is 0.481 e. The molecular formula is C22H30IN7O8. The maximum Gasteiger partial charge on any atom is 0.303 e. The van der Waals surface area contributed by atoms with E-state index >= 15 is 0 Å². The molecule has 2 rings (SSSR count). The molecule has 4 amide bonds. The van der Waals surface area contributed by atoms with E-state index in [4.69, 9.17) is 16.6 Å². The van der Waals surface area contributed by atoms with Gasteiger partial charge >= 0.3 is 5.97 Å². The van der Waals surface area contributed by atoms with Crippen LogP contribution >= 0.6 is 22.6 Å². The Morgan fingerprint density at radius 1 is 1.08 bits per heavy atom. The first kappa shape index (κ1) is 30.7. The Hall–Kier alpha value is -3.54. The summed E-state index contributed by atoms with van der Waals surface area (Å²) in [5.74, 6) is -4.43. The highest BCUT2D eigenvalue weighted by atomic mass is 127. The third-order valence-electron chi connectivity index (χ3n) is 5.77. The predicted molar refractivity (Wildman–Crippen MR) is 143 cm³/mol. The number of carbonyl (C=O) groups is 5. The van der Waals surface area contributed by atoms with Crippen molar-refractivity contribution in [1.82, 2.24) is 16.0 Å². The smallest absolute Gasteiger partial charge is 0.303 e. The number of nitrogens with zero attached hydrogens (tertiary/aromatic N) is 1. The monoisotopic (exact) mass is 647 g/mol. The number of benzene rings is 1. The highest BCUT2D eigenvalue weighted by molar-refractivity contribution is 14.1. The predicted octanol–water partition coefficient (Wildman–Crippen LogP) is -0.438. The number of aliphatic carboxylic acids is 1. The maximum atomic E-state index is 13.3. The van der Waals surface area contributed by atoms with Gasteiger partial charge in [0.15, 0.2) is 0 Å². The lowest BCUT2D eigenvalue weighted by Crippen LogP contribution is -2.56. The second-order valence-corrected chi connectivity index (χ2v) is 9.75. The van der Waals surface area contributed by atoms with Gasteiger partial charge in [-0.2, -0.15) is 0 Å². The second-order valence-electron chi connectivity index (χ2n) is 8.59. The molecule has 0 saturated carbocycles. The van der Waals surface area contributed by atoms with E-state index in [2.05, 4.69) is 21.3 Å². The van der Waals surface area contributed by atoms with Crippen LogP contribution in [0.3, 0.4) is 0 Å². The van der Waals surface area contributed by atoms with Crippen LogP contribution in [0.4, 0.5) is 11.4 Å². The van der Waals surface area contributed by atoms with Gasteiger partial charge in [0.05, 0.1) is 16.2 Å². The molecule has 1 aliphatic rings. The lowest BCUT2D eigenvalue weighted by atomic mass is 10.0. The van der Waals surface area contributed by atoms with Crippen molar-refractivity contribution in [2.75, 3.05) is 18.4 Å². The Labute approximate surface area is 231 Å². The summed E-state index contributed by atoms with van der Waals surface area (Å²) in [5.41, 5.74) is 10.6. The SMILES string of the molecule is NCCCC[C@@H]1NC(=O)[C@H](CCC(=O)O)NC(=O)c2cc([N+](=O)[O-])cc(I)c2NCC[C@@H](C(N)=O)NC1=O. The first-order valence-corrected chi connectivity index (χ1v) is 12.9. The molecule has 0 unspecified atom stereocenters. The van der Waals surface area contributed by atoms with Gasteiger partial charge in [-0.25, -0.2) is 0 Å². The van der Waals surface area contributed by atoms with E-state index in [0.717, 1.165) is 6.07 Å². The molecule has 1 aromatic rings. The van der Waals surface area contributed by atoms with E-state index in [1.807, 2.05) is 0 Å². The summed E-state index contributed by atoms with van der Waals surface area (Å²) in [6, 6.07) is -1.37. The lowest BCUT2D eigenvalue weighted by Gasteiger charge is -2.26. The Bertz CT molecular complexity index is 1100. The molecule has 208 valence electrons. The van der Waals surface area contributed by atoms with E-state index in [1.165, 1.54) is 6.07 Å². The summed E-state index contributed by atoms with van der Waals surface area (Å²) in [6.07, 6.45) is 0.382. The van der Waals surface area contributed by atoms with Crippen LogP contribution in [-0.4, -0.2) is 70.8 Å². The molecule has 1 heterocycles. The van der Waals surface area contributed by atoms with Crippen LogP contribution in [0.2, 0.25) is 0 Å². The van der Waals surface area contributed by atoms with Gasteiger partial charge in [0.2, 0.25) is 17.7 Å². The molecule has 38 heavy (non-hydrogen) atoms. The van der Waals surface area contributed by atoms with Crippen molar-refractivity contribution in [1.29, 1.82) is 0 Å². The number of nitro groups is 1. The maximum absolute atomic E-state index is 13.3. The van der Waals surface area contributed by atoms with Gasteiger partial charge in [-0.05, 0) is 61.2 Å². The van der Waals surface area contributed by atoms with E-state index in [9.17, 15) is 34.1 Å². The number of nitro benzene ring substituents is 1. The van der Waals surface area contributed by atoms with Gasteiger partial charge in [-0.1, -0.05) is 0 Å². The van der Waals surface area contributed by atoms with Crippen molar-refractivity contribution in [2.24, 2.45) is 11.5 Å². The standard InChI is InChI=1S/C22H30IN7O8/c23-13-10-11(30(37)38)9-12-18(13)26-8-6-14(19(25)33)27-21(35)15(3-1-2-7-24)29-22(36)16(28-20(12)34)4-5-17(31)32/h9-10,14-16,26H,1-8,24H2,(H2,25,33)(H,27,35)(H,28,34)(H,29,36)(H,31,32)/t14-,15-,16-/m0/s1. The van der Waals surface area contributed by atoms with Crippen LogP contribution in [-0.2, 0) is 19.2 Å². The van der Waals surface area contributed by atoms with Gasteiger partial charge in [0.1, 0.15) is 18.1 Å². The molecule has 0 aliphatic carbocycles. The number of anilines is 1. The number of nitrogens with one attached hydrogen (secondary N) is 4. The number of carboxylic acids is 1. The molecule has 0 fully saturated rings. The van der Waals surface area contributed by atoms with Crippen LogP contribution < -0.4 is 32.7 Å². The minimum Gasteiger partial charge on any atom is -0.481 e. The number of hydrogen-bond donors (Lipinski definition) is 7. The number of fused-ring (bicyclic) bond motifs is 1. The summed E-state index contributed by atoms with van der Waals surface area (Å²) in [4.78, 5) is 73.4. The number of hydrogen-bond acceptors (Lipinski definition) is 9. The summed E-state index contributed by atoms with van der Waals surface area (Å²) >= 11 is 1.80. The summed E-state index contributed by atoms with van der Waals surface area (Å²) < 4.78 is 0.306. The highest BCUT2D eigenvalue weighted by Gasteiger charge is 2.31. The second kappa shape index (κ2) is 14.4. The average molecular weight is 647 g/mol. The van der Waals surface area contributed by atoms with E-state index < -0.39 is 59.1 Å². The van der Waals surface area contributed by atoms with Crippen molar-refractivity contribution >= 4 is 63.6 Å². The van der Waals surface area contributed by atoms with Gasteiger partial charge in [-0.15, -0.1) is 0 Å². The van der Waals surface area contributed by atoms with Gasteiger partial charge in [0, 0.05) is 28.7 Å². The summed E-state index contributed by atoms with van der Waals surface area (Å²) in [5, 5.41) is 31.0. The summed E-state index contributed by atoms with van der Waals surface area (Å²) in [7, 11) is 0. The fraction of sp³-hybridized carbons (Fsp3) is 0.500. The van der Waals surface area contributed by atoms with Crippen molar-refractivity contribution in [3.63, 3.8) is 0 Å². The fourth-order valence-corrected chi connectivity index (χ4v) is 4.56. The van der Waals surface area contributed by atoms with Gasteiger partial charge in [-0.3, -0.25) is 34.1 Å². The highest BCUT2D eigenvalue weighted by Crippen LogP contribution is 2.29. The number of carboxylic acid groups (broad SMARTS) is 1. The first-order valence-electron chi connectivity index (χ1n) is 11.8. The molecular weight excluding hydrogens is 617 g/mol. The van der Waals surface area contributed by atoms with Crippen molar-refractivity contribution in [3.05, 3.63) is 31.4 Å². The minimum absolute atomic E-state index is 0.0138. The van der Waals surface area contributed by atoms with Crippen molar-refractivity contribution in [3.8, 4) is 0 Å². The van der Waals surface area contributed by atoms with Gasteiger partial charge < -0.3 is 37.8 Å². The molecule has 0 saturated heterocycles. The fourth-order valence-electron chi connectivity index (χ4n) is 3.76. The molecule has 15 nitrogen and oxygen atoms in total. The first-order chi connectivity index (χ1) is 17.9. The Balaban J connectivity index is 2.54. The Kier molecular flexibility index (Phi) is 11.6. The number of halogens is 1. The van der Waals surface area contributed by atoms with E-state index in [1.54, 1.807) is 22.6 Å². The summed E-state index contributed by atoms with van der Waals surface area (Å²) in [6.45, 7) is 0.397. The zero-order valence-electron chi connectivity index (χ0n) is 20.3. The molecule has 0 radical (unpaired) electrons. The zero-order chi connectivity index (χ0) is 28.4. The lowest BCUT2D eigenvalue weighted by molar-refractivity contribution is -0.384. The number of unbranched alkanes of at least 4 members (excludes halogenated alkanes) is 1. The number of non-ortho nitro benzene ring substituents is 1. The van der Waals surface area contributed by atoms with Crippen LogP contribution in [0.5, 0.6) is 0 Å². The van der Waals surface area contributed by atoms with Crippen LogP contribution in [0.15, 0.2) is 12.1 Å². The Morgan fingerprint density at radius 2 is 1.74 bits per heavy atom. The van der Waals surface area contributed by atoms with Crippen LogP contribution in [0.1, 0.15) is 48.9 Å². The van der Waals surface area contributed by atoms with E-state index in [0.29, 0.717) is 23.0 Å². The molecule has 16 heteroatoms. The molecule has 9 N–H and O–H groups in total.